The molecule has 6 rings (SSSR count). The van der Waals surface area contributed by atoms with Gasteiger partial charge < -0.3 is 19.9 Å². The Kier molecular flexibility index (Phi) is 7.28. The zero-order valence-electron chi connectivity index (χ0n) is 23.7. The van der Waals surface area contributed by atoms with Crippen LogP contribution in [0.1, 0.15) is 67.1 Å². The van der Waals surface area contributed by atoms with Crippen molar-refractivity contribution in [2.45, 2.75) is 58.0 Å². The lowest BCUT2D eigenvalue weighted by atomic mass is 10.0. The van der Waals surface area contributed by atoms with Crippen LogP contribution in [0, 0.1) is 6.92 Å². The van der Waals surface area contributed by atoms with Crippen LogP contribution in [-0.4, -0.2) is 86.9 Å². The minimum absolute atomic E-state index is 0.104. The molecule has 1 amide bonds. The van der Waals surface area contributed by atoms with E-state index in [-0.39, 0.29) is 11.9 Å². The van der Waals surface area contributed by atoms with Gasteiger partial charge in [0.2, 0.25) is 5.95 Å². The molecule has 2 N–H and O–H groups in total. The Morgan fingerprint density at radius 1 is 1.12 bits per heavy atom. The number of nitrogens with zero attached hydrogens (tertiary/aromatic N) is 8. The largest absolute Gasteiger partial charge is 0.495 e. The maximum atomic E-state index is 12.9. The van der Waals surface area contributed by atoms with Gasteiger partial charge in [0.25, 0.3) is 5.91 Å². The molecule has 4 heterocycles. The van der Waals surface area contributed by atoms with E-state index in [0.717, 1.165) is 68.6 Å². The summed E-state index contributed by atoms with van der Waals surface area (Å²) in [5.41, 5.74) is 5.14. The number of carbonyl (C=O) groups excluding carboxylic acids is 1. The third-order valence-electron chi connectivity index (χ3n) is 8.30. The molecule has 0 unspecified atom stereocenters. The molecule has 0 spiro atoms. The van der Waals surface area contributed by atoms with Crippen molar-refractivity contribution < 1.29 is 9.53 Å². The van der Waals surface area contributed by atoms with E-state index >= 15 is 0 Å². The van der Waals surface area contributed by atoms with E-state index in [1.54, 1.807) is 19.2 Å². The van der Waals surface area contributed by atoms with Crippen LogP contribution in [0.4, 0.5) is 17.5 Å². The summed E-state index contributed by atoms with van der Waals surface area (Å²) in [4.78, 5) is 27.3. The standard InChI is InChI=1S/C28H38N10O2/c1-5-22-26-33-32-18(2)37(26)23-17-29-28(31-25(23)38(22)20-8-6-7-9-20)30-21-11-10-19(16-24(21)40-4)27(39)34-36-14-12-35(3)13-15-36/h10-11,16-17,20,22H,5-9,12-15H2,1-4H3,(H,34,39)(H,29,30,31)/t22-/m1/s1. The number of hydrogen-bond donors (Lipinski definition) is 2. The fourth-order valence-corrected chi connectivity index (χ4v) is 6.11. The number of carbonyl (C=O) groups is 1. The second-order valence-corrected chi connectivity index (χ2v) is 10.9. The second-order valence-electron chi connectivity index (χ2n) is 10.9. The third-order valence-corrected chi connectivity index (χ3v) is 8.30. The zero-order valence-corrected chi connectivity index (χ0v) is 23.7. The molecule has 1 aromatic carbocycles. The molecule has 2 aromatic heterocycles. The van der Waals surface area contributed by atoms with Gasteiger partial charge in [-0.3, -0.25) is 14.8 Å². The molecule has 2 aliphatic heterocycles. The van der Waals surface area contributed by atoms with Crippen molar-refractivity contribution >= 4 is 23.4 Å². The van der Waals surface area contributed by atoms with Crippen molar-refractivity contribution in [3.8, 4) is 11.4 Å². The highest BCUT2D eigenvalue weighted by atomic mass is 16.5. The first kappa shape index (κ1) is 26.5. The van der Waals surface area contributed by atoms with Crippen molar-refractivity contribution in [2.24, 2.45) is 0 Å². The number of rotatable bonds is 7. The number of likely N-dealkylation sites (N-methyl/N-ethyl adjacent to an activating group) is 1. The van der Waals surface area contributed by atoms with Crippen LogP contribution >= 0.6 is 0 Å². The number of aryl methyl sites for hydroxylation is 1. The molecule has 2 fully saturated rings. The van der Waals surface area contributed by atoms with Crippen LogP contribution in [0.2, 0.25) is 0 Å². The van der Waals surface area contributed by atoms with Gasteiger partial charge in [-0.1, -0.05) is 19.8 Å². The lowest BCUT2D eigenvalue weighted by molar-refractivity contribution is 0.0662. The Morgan fingerprint density at radius 2 is 1.90 bits per heavy atom. The Morgan fingerprint density at radius 3 is 2.62 bits per heavy atom. The predicted octanol–water partition coefficient (Wildman–Crippen LogP) is 3.22. The predicted molar refractivity (Wildman–Crippen MR) is 152 cm³/mol. The molecule has 0 bridgehead atoms. The van der Waals surface area contributed by atoms with E-state index in [1.807, 2.05) is 24.2 Å². The highest BCUT2D eigenvalue weighted by Crippen LogP contribution is 2.43. The van der Waals surface area contributed by atoms with Gasteiger partial charge in [-0.05, 0) is 51.4 Å². The number of anilines is 3. The number of nitrogens with one attached hydrogen (secondary N) is 2. The van der Waals surface area contributed by atoms with Crippen LogP contribution in [0.5, 0.6) is 5.75 Å². The van der Waals surface area contributed by atoms with Gasteiger partial charge in [-0.25, -0.2) is 9.99 Å². The second kappa shape index (κ2) is 11.0. The summed E-state index contributed by atoms with van der Waals surface area (Å²) in [5.74, 6) is 3.54. The number of aromatic nitrogens is 5. The van der Waals surface area contributed by atoms with E-state index in [9.17, 15) is 4.79 Å². The summed E-state index contributed by atoms with van der Waals surface area (Å²) >= 11 is 0. The number of benzene rings is 1. The number of fused-ring (bicyclic) bond motifs is 3. The van der Waals surface area contributed by atoms with Crippen LogP contribution in [0.25, 0.3) is 5.69 Å². The number of ether oxygens (including phenoxy) is 1. The molecule has 40 heavy (non-hydrogen) atoms. The van der Waals surface area contributed by atoms with Gasteiger partial charge >= 0.3 is 0 Å². The van der Waals surface area contributed by atoms with Crippen molar-refractivity contribution in [1.29, 1.82) is 0 Å². The minimum Gasteiger partial charge on any atom is -0.495 e. The maximum absolute atomic E-state index is 12.9. The zero-order chi connectivity index (χ0) is 27.8. The number of amides is 1. The fourth-order valence-electron chi connectivity index (χ4n) is 6.11. The molecule has 1 saturated heterocycles. The first-order valence-corrected chi connectivity index (χ1v) is 14.2. The average Bonchev–Trinajstić information content (AvgIpc) is 3.64. The third kappa shape index (κ3) is 4.86. The number of methoxy groups -OCH3 is 1. The van der Waals surface area contributed by atoms with Crippen molar-refractivity contribution in [1.82, 2.24) is 40.1 Å². The summed E-state index contributed by atoms with van der Waals surface area (Å²) in [6, 6.07) is 5.89. The normalized spacial score (nSPS) is 19.8. The summed E-state index contributed by atoms with van der Waals surface area (Å²) in [6.07, 6.45) is 7.49. The molecule has 212 valence electrons. The van der Waals surface area contributed by atoms with Gasteiger partial charge in [-0.15, -0.1) is 10.2 Å². The Hall–Kier alpha value is -3.77. The molecule has 3 aromatic rings. The van der Waals surface area contributed by atoms with E-state index in [1.165, 1.54) is 12.8 Å². The molecule has 12 nitrogen and oxygen atoms in total. The van der Waals surface area contributed by atoms with Crippen molar-refractivity contribution in [3.63, 3.8) is 0 Å². The molecule has 0 radical (unpaired) electrons. The topological polar surface area (TPSA) is 117 Å². The Labute approximate surface area is 234 Å². The molecule has 1 aliphatic carbocycles. The summed E-state index contributed by atoms with van der Waals surface area (Å²) < 4.78 is 7.75. The van der Waals surface area contributed by atoms with Crippen LogP contribution in [0.3, 0.4) is 0 Å². The SMILES string of the molecule is CC[C@@H]1c2nnc(C)n2-c2cnc(Nc3ccc(C(=O)NN4CCN(C)CC4)cc3OC)nc2N1C1CCCC1. The first-order valence-electron chi connectivity index (χ1n) is 14.2. The van der Waals surface area contributed by atoms with E-state index in [2.05, 4.69) is 54.3 Å². The minimum atomic E-state index is -0.155. The average molecular weight is 547 g/mol. The molecule has 3 aliphatic rings. The quantitative estimate of drug-likeness (QED) is 0.458. The number of hydrogen-bond acceptors (Lipinski definition) is 10. The van der Waals surface area contributed by atoms with Crippen LogP contribution in [0.15, 0.2) is 24.4 Å². The molecular formula is C28H38N10O2. The number of hydrazine groups is 1. The lowest BCUT2D eigenvalue weighted by Gasteiger charge is -2.41. The van der Waals surface area contributed by atoms with Crippen molar-refractivity contribution in [2.75, 3.05) is 50.6 Å². The summed E-state index contributed by atoms with van der Waals surface area (Å²) in [5, 5.41) is 14.2. The maximum Gasteiger partial charge on any atom is 0.265 e. The molecule has 1 atom stereocenters. The molecular weight excluding hydrogens is 508 g/mol. The highest BCUT2D eigenvalue weighted by Gasteiger charge is 2.39. The van der Waals surface area contributed by atoms with Crippen LogP contribution in [-0.2, 0) is 0 Å². The molecule has 12 heteroatoms. The van der Waals surface area contributed by atoms with Gasteiger partial charge in [-0.2, -0.15) is 4.98 Å². The van der Waals surface area contributed by atoms with Crippen molar-refractivity contribution in [3.05, 3.63) is 41.6 Å². The summed E-state index contributed by atoms with van der Waals surface area (Å²) in [6.45, 7) is 7.59. The highest BCUT2D eigenvalue weighted by molar-refractivity contribution is 5.95. The van der Waals surface area contributed by atoms with Gasteiger partial charge in [0.1, 0.15) is 17.3 Å². The monoisotopic (exact) mass is 546 g/mol. The molecule has 1 saturated carbocycles. The van der Waals surface area contributed by atoms with Crippen LogP contribution < -0.4 is 20.4 Å². The van der Waals surface area contributed by atoms with Gasteiger partial charge in [0, 0.05) is 37.8 Å². The Bertz CT molecular complexity index is 1380. The van der Waals surface area contributed by atoms with E-state index in [4.69, 9.17) is 9.72 Å². The van der Waals surface area contributed by atoms with E-state index in [0.29, 0.717) is 29.0 Å². The summed E-state index contributed by atoms with van der Waals surface area (Å²) in [7, 11) is 3.68. The first-order chi connectivity index (χ1) is 19.5. The van der Waals surface area contributed by atoms with Gasteiger partial charge in [0.05, 0.1) is 25.0 Å². The number of piperazine rings is 1. The fraction of sp³-hybridized carbons (Fsp3) is 0.536. The lowest BCUT2D eigenvalue weighted by Crippen LogP contribution is -2.52. The van der Waals surface area contributed by atoms with E-state index < -0.39 is 0 Å². The Balaban J connectivity index is 1.28. The smallest absolute Gasteiger partial charge is 0.265 e. The van der Waals surface area contributed by atoms with Gasteiger partial charge in [0.15, 0.2) is 11.6 Å².